The number of carbonyl (C=O) groups excluding carboxylic acids is 1. The van der Waals surface area contributed by atoms with E-state index < -0.39 is 16.0 Å². The van der Waals surface area contributed by atoms with Gasteiger partial charge in [-0.2, -0.15) is 0 Å². The van der Waals surface area contributed by atoms with E-state index in [1.165, 1.54) is 0 Å². The van der Waals surface area contributed by atoms with Gasteiger partial charge in [-0.1, -0.05) is 36.7 Å². The van der Waals surface area contributed by atoms with Crippen LogP contribution < -0.4 is 0 Å². The minimum atomic E-state index is -1.19. The number of Topliss-reactive ketones (excluding diaryl/α,β-unsaturated/α-hetero) is 1. The molecule has 0 aromatic heterocycles. The van der Waals surface area contributed by atoms with Crippen LogP contribution >= 0.6 is 11.6 Å². The first-order valence-corrected chi connectivity index (χ1v) is 6.95. The van der Waals surface area contributed by atoms with Crippen molar-refractivity contribution in [3.05, 3.63) is 34.9 Å². The third-order valence-electron chi connectivity index (χ3n) is 2.45. The highest BCUT2D eigenvalue weighted by molar-refractivity contribution is 7.85. The van der Waals surface area contributed by atoms with E-state index in [0.717, 1.165) is 5.56 Å². The second kappa shape index (κ2) is 6.16. The topological polar surface area (TPSA) is 34.1 Å². The number of hydrogen-bond acceptors (Lipinski definition) is 2. The van der Waals surface area contributed by atoms with Gasteiger partial charge >= 0.3 is 0 Å². The summed E-state index contributed by atoms with van der Waals surface area (Å²) in [5.74, 6) is 0.373. The summed E-state index contributed by atoms with van der Waals surface area (Å²) in [4.78, 5) is 11.4. The summed E-state index contributed by atoms with van der Waals surface area (Å²) >= 11 is 5.97. The molecule has 0 fully saturated rings. The van der Waals surface area contributed by atoms with E-state index in [2.05, 4.69) is 0 Å². The summed E-state index contributed by atoms with van der Waals surface area (Å²) in [5, 5.41) is 0.188. The Morgan fingerprint density at radius 1 is 1.44 bits per heavy atom. The Kier molecular flexibility index (Phi) is 5.16. The van der Waals surface area contributed by atoms with Crippen LogP contribution in [0.25, 0.3) is 0 Å². The van der Waals surface area contributed by atoms with Crippen LogP contribution in [0, 0.1) is 0 Å². The van der Waals surface area contributed by atoms with Crippen molar-refractivity contribution in [2.75, 3.05) is 0 Å². The minimum Gasteiger partial charge on any atom is -0.298 e. The molecule has 0 saturated carbocycles. The second-order valence-electron chi connectivity index (χ2n) is 3.58. The van der Waals surface area contributed by atoms with Crippen molar-refractivity contribution in [2.24, 2.45) is 0 Å². The summed E-state index contributed by atoms with van der Waals surface area (Å²) < 4.78 is 11.9. The van der Waals surface area contributed by atoms with Gasteiger partial charge in [-0.05, 0) is 18.6 Å². The Labute approximate surface area is 103 Å². The summed E-state index contributed by atoms with van der Waals surface area (Å²) in [6.07, 6.45) is 0.426. The van der Waals surface area contributed by atoms with Crippen molar-refractivity contribution < 1.29 is 9.00 Å². The fourth-order valence-corrected chi connectivity index (χ4v) is 2.88. The Morgan fingerprint density at radius 2 is 2.06 bits per heavy atom. The van der Waals surface area contributed by atoms with Crippen LogP contribution in [0.5, 0.6) is 0 Å². The van der Waals surface area contributed by atoms with Gasteiger partial charge in [-0.25, -0.2) is 0 Å². The smallest absolute Gasteiger partial charge is 0.147 e. The fraction of sp³-hybridized carbons (Fsp3) is 0.417. The lowest BCUT2D eigenvalue weighted by Gasteiger charge is -2.10. The van der Waals surface area contributed by atoms with E-state index in [4.69, 9.17) is 11.6 Å². The lowest BCUT2D eigenvalue weighted by atomic mass is 10.2. The SMILES string of the molecule is CCC(=O)C(C)S(=O)Cc1ccccc1Cl. The van der Waals surface area contributed by atoms with E-state index in [9.17, 15) is 9.00 Å². The summed E-state index contributed by atoms with van der Waals surface area (Å²) in [6.45, 7) is 3.49. The molecule has 0 amide bonds. The maximum atomic E-state index is 11.9. The van der Waals surface area contributed by atoms with Crippen molar-refractivity contribution in [2.45, 2.75) is 31.3 Å². The van der Waals surface area contributed by atoms with Gasteiger partial charge in [0.15, 0.2) is 0 Å². The van der Waals surface area contributed by atoms with E-state index in [1.54, 1.807) is 19.9 Å². The monoisotopic (exact) mass is 258 g/mol. The molecular formula is C12H15ClO2S. The third-order valence-corrected chi connectivity index (χ3v) is 4.47. The van der Waals surface area contributed by atoms with Gasteiger partial charge < -0.3 is 0 Å². The molecule has 2 unspecified atom stereocenters. The van der Waals surface area contributed by atoms with Crippen LogP contribution in [0.1, 0.15) is 25.8 Å². The molecule has 1 aromatic carbocycles. The van der Waals surface area contributed by atoms with Crippen molar-refractivity contribution in [3.63, 3.8) is 0 Å². The molecule has 4 heteroatoms. The normalized spacial score (nSPS) is 14.4. The molecule has 0 heterocycles. The van der Waals surface area contributed by atoms with E-state index in [0.29, 0.717) is 17.2 Å². The lowest BCUT2D eigenvalue weighted by molar-refractivity contribution is -0.118. The first kappa shape index (κ1) is 13.4. The van der Waals surface area contributed by atoms with Gasteiger partial charge in [0.05, 0.1) is 11.0 Å². The predicted molar refractivity (Wildman–Crippen MR) is 68.1 cm³/mol. The molecule has 2 atom stereocenters. The van der Waals surface area contributed by atoms with Crippen LogP contribution in [0.15, 0.2) is 24.3 Å². The molecule has 0 spiro atoms. The molecule has 2 nitrogen and oxygen atoms in total. The van der Waals surface area contributed by atoms with Gasteiger partial charge in [-0.15, -0.1) is 0 Å². The Bertz CT molecular complexity index is 404. The van der Waals surface area contributed by atoms with Crippen molar-refractivity contribution in [1.29, 1.82) is 0 Å². The molecule has 16 heavy (non-hydrogen) atoms. The number of carbonyl (C=O) groups is 1. The largest absolute Gasteiger partial charge is 0.298 e. The Hall–Kier alpha value is -0.670. The molecule has 1 aromatic rings. The van der Waals surface area contributed by atoms with Crippen molar-refractivity contribution >= 4 is 28.2 Å². The second-order valence-corrected chi connectivity index (χ2v) is 5.74. The quantitative estimate of drug-likeness (QED) is 0.814. The number of rotatable bonds is 5. The zero-order valence-electron chi connectivity index (χ0n) is 9.40. The number of ketones is 1. The van der Waals surface area contributed by atoms with Gasteiger partial charge in [0.25, 0.3) is 0 Å². The maximum Gasteiger partial charge on any atom is 0.147 e. The zero-order chi connectivity index (χ0) is 12.1. The van der Waals surface area contributed by atoms with Gasteiger partial charge in [-0.3, -0.25) is 9.00 Å². The van der Waals surface area contributed by atoms with E-state index in [-0.39, 0.29) is 5.78 Å². The highest BCUT2D eigenvalue weighted by Crippen LogP contribution is 2.18. The number of hydrogen-bond donors (Lipinski definition) is 0. The summed E-state index contributed by atoms with van der Waals surface area (Å²) in [6, 6.07) is 7.28. The van der Waals surface area contributed by atoms with Gasteiger partial charge in [0.1, 0.15) is 5.78 Å². The maximum absolute atomic E-state index is 11.9. The van der Waals surface area contributed by atoms with E-state index in [1.807, 2.05) is 18.2 Å². The number of halogens is 1. The molecular weight excluding hydrogens is 244 g/mol. The molecule has 0 aliphatic rings. The molecule has 88 valence electrons. The first-order chi connectivity index (χ1) is 7.56. The van der Waals surface area contributed by atoms with Crippen LogP contribution in [-0.4, -0.2) is 15.2 Å². The van der Waals surface area contributed by atoms with Crippen LogP contribution in [-0.2, 0) is 21.3 Å². The first-order valence-electron chi connectivity index (χ1n) is 5.19. The highest BCUT2D eigenvalue weighted by Gasteiger charge is 2.18. The predicted octanol–water partition coefficient (Wildman–Crippen LogP) is 2.96. The molecule has 0 bridgehead atoms. The van der Waals surface area contributed by atoms with Crippen LogP contribution in [0.4, 0.5) is 0 Å². The standard InChI is InChI=1S/C12H15ClO2S/c1-3-12(14)9(2)16(15)8-10-6-4-5-7-11(10)13/h4-7,9H,3,8H2,1-2H3. The molecule has 0 aliphatic heterocycles. The average molecular weight is 259 g/mol. The van der Waals surface area contributed by atoms with Crippen LogP contribution in [0.2, 0.25) is 5.02 Å². The minimum absolute atomic E-state index is 0.0328. The van der Waals surface area contributed by atoms with Crippen LogP contribution in [0.3, 0.4) is 0 Å². The van der Waals surface area contributed by atoms with Gasteiger partial charge in [0, 0.05) is 22.2 Å². The van der Waals surface area contributed by atoms with Crippen molar-refractivity contribution in [3.8, 4) is 0 Å². The Morgan fingerprint density at radius 3 is 2.62 bits per heavy atom. The zero-order valence-corrected chi connectivity index (χ0v) is 11.0. The highest BCUT2D eigenvalue weighted by atomic mass is 35.5. The summed E-state index contributed by atoms with van der Waals surface area (Å²) in [5.41, 5.74) is 0.832. The molecule has 0 radical (unpaired) electrons. The Balaban J connectivity index is 2.72. The van der Waals surface area contributed by atoms with Gasteiger partial charge in [0.2, 0.25) is 0 Å². The summed E-state index contributed by atoms with van der Waals surface area (Å²) in [7, 11) is -1.19. The van der Waals surface area contributed by atoms with E-state index >= 15 is 0 Å². The third kappa shape index (κ3) is 3.42. The molecule has 0 saturated heterocycles. The number of benzene rings is 1. The van der Waals surface area contributed by atoms with Crippen molar-refractivity contribution in [1.82, 2.24) is 0 Å². The molecule has 1 rings (SSSR count). The fourth-order valence-electron chi connectivity index (χ4n) is 1.33. The molecule has 0 N–H and O–H groups in total. The average Bonchev–Trinajstić information content (AvgIpc) is 2.30. The lowest BCUT2D eigenvalue weighted by Crippen LogP contribution is -2.22. The molecule has 0 aliphatic carbocycles.